The van der Waals surface area contributed by atoms with Crippen LogP contribution in [-0.2, 0) is 9.47 Å². The zero-order chi connectivity index (χ0) is 15.3. The van der Waals surface area contributed by atoms with Crippen LogP contribution in [0, 0.1) is 11.3 Å². The molecule has 5 heteroatoms. The van der Waals surface area contributed by atoms with Gasteiger partial charge in [-0.15, -0.1) is 0 Å². The van der Waals surface area contributed by atoms with Gasteiger partial charge < -0.3 is 20.5 Å². The van der Waals surface area contributed by atoms with E-state index in [4.69, 9.17) is 20.2 Å². The topological polar surface area (TPSA) is 68.9 Å². The van der Waals surface area contributed by atoms with Crippen molar-refractivity contribution >= 4 is 5.96 Å². The summed E-state index contributed by atoms with van der Waals surface area (Å²) in [5.74, 6) is 0.908. The number of nitrogens with zero attached hydrogens (tertiary/aromatic N) is 1. The van der Waals surface area contributed by atoms with Crippen LogP contribution < -0.4 is 11.1 Å². The van der Waals surface area contributed by atoms with Crippen molar-refractivity contribution in [2.24, 2.45) is 22.1 Å². The Morgan fingerprint density at radius 1 is 1.35 bits per heavy atom. The van der Waals surface area contributed by atoms with Gasteiger partial charge in [0.25, 0.3) is 0 Å². The van der Waals surface area contributed by atoms with Crippen LogP contribution >= 0.6 is 0 Å². The predicted molar refractivity (Wildman–Crippen MR) is 82.9 cm³/mol. The minimum atomic E-state index is 0.116. The summed E-state index contributed by atoms with van der Waals surface area (Å²) in [5.41, 5.74) is 6.15. The van der Waals surface area contributed by atoms with E-state index in [1.54, 1.807) is 14.2 Å². The Labute approximate surface area is 123 Å². The molecule has 4 atom stereocenters. The number of guanidine groups is 1. The van der Waals surface area contributed by atoms with E-state index in [9.17, 15) is 0 Å². The van der Waals surface area contributed by atoms with Crippen molar-refractivity contribution in [2.45, 2.75) is 58.7 Å². The maximum absolute atomic E-state index is 6.04. The van der Waals surface area contributed by atoms with Gasteiger partial charge in [0.05, 0.1) is 18.8 Å². The van der Waals surface area contributed by atoms with Crippen molar-refractivity contribution in [3.63, 3.8) is 0 Å². The van der Waals surface area contributed by atoms with Crippen LogP contribution in [0.2, 0.25) is 0 Å². The SMILES string of the molecule is CCC1(CC)C(N=C(N)NC(C)COC)C(C)C1OC. The molecular weight excluding hydrogens is 254 g/mol. The van der Waals surface area contributed by atoms with E-state index < -0.39 is 0 Å². The molecule has 0 spiro atoms. The summed E-state index contributed by atoms with van der Waals surface area (Å²) in [5, 5.41) is 3.18. The van der Waals surface area contributed by atoms with Gasteiger partial charge in [0.1, 0.15) is 0 Å². The van der Waals surface area contributed by atoms with Crippen LogP contribution in [0.1, 0.15) is 40.5 Å². The lowest BCUT2D eigenvalue weighted by Crippen LogP contribution is -2.64. The van der Waals surface area contributed by atoms with E-state index in [-0.39, 0.29) is 23.6 Å². The normalized spacial score (nSPS) is 30.7. The molecule has 1 saturated carbocycles. The highest BCUT2D eigenvalue weighted by atomic mass is 16.5. The van der Waals surface area contributed by atoms with E-state index in [2.05, 4.69) is 26.1 Å². The molecule has 5 nitrogen and oxygen atoms in total. The fourth-order valence-electron chi connectivity index (χ4n) is 3.76. The number of nitrogens with one attached hydrogen (secondary N) is 1. The Bertz CT molecular complexity index is 329. The third-order valence-corrected chi connectivity index (χ3v) is 4.79. The molecule has 3 N–H and O–H groups in total. The average molecular weight is 285 g/mol. The summed E-state index contributed by atoms with van der Waals surface area (Å²) >= 11 is 0. The molecule has 0 bridgehead atoms. The van der Waals surface area contributed by atoms with Crippen molar-refractivity contribution in [1.29, 1.82) is 0 Å². The van der Waals surface area contributed by atoms with Crippen LogP contribution in [0.5, 0.6) is 0 Å². The second kappa shape index (κ2) is 7.27. The molecule has 118 valence electrons. The second-order valence-electron chi connectivity index (χ2n) is 5.92. The zero-order valence-electron chi connectivity index (χ0n) is 13.8. The number of hydrogen-bond acceptors (Lipinski definition) is 3. The first-order valence-corrected chi connectivity index (χ1v) is 7.58. The second-order valence-corrected chi connectivity index (χ2v) is 5.92. The van der Waals surface area contributed by atoms with Crippen LogP contribution in [0.4, 0.5) is 0 Å². The first kappa shape index (κ1) is 17.2. The molecule has 0 amide bonds. The van der Waals surface area contributed by atoms with Crippen LogP contribution in [0.3, 0.4) is 0 Å². The highest BCUT2D eigenvalue weighted by molar-refractivity contribution is 5.78. The van der Waals surface area contributed by atoms with Gasteiger partial charge in [-0.2, -0.15) is 0 Å². The molecular formula is C15H31N3O2. The van der Waals surface area contributed by atoms with Crippen LogP contribution in [0.25, 0.3) is 0 Å². The number of nitrogens with two attached hydrogens (primary N) is 1. The maximum Gasteiger partial charge on any atom is 0.189 e. The molecule has 20 heavy (non-hydrogen) atoms. The molecule has 0 saturated heterocycles. The van der Waals surface area contributed by atoms with Crippen LogP contribution in [-0.4, -0.2) is 45.0 Å². The van der Waals surface area contributed by atoms with Crippen LogP contribution in [0.15, 0.2) is 4.99 Å². The smallest absolute Gasteiger partial charge is 0.189 e. The maximum atomic E-state index is 6.04. The Hall–Kier alpha value is -0.810. The van der Waals surface area contributed by atoms with Crippen molar-refractivity contribution in [1.82, 2.24) is 5.32 Å². The number of aliphatic imine (C=N–C) groups is 1. The van der Waals surface area contributed by atoms with Crippen molar-refractivity contribution in [3.05, 3.63) is 0 Å². The molecule has 0 heterocycles. The summed E-state index contributed by atoms with van der Waals surface area (Å²) in [6.07, 6.45) is 2.39. The largest absolute Gasteiger partial charge is 0.383 e. The Kier molecular flexibility index (Phi) is 6.27. The highest BCUT2D eigenvalue weighted by Gasteiger charge is 2.58. The molecule has 0 aromatic rings. The Morgan fingerprint density at radius 2 is 1.95 bits per heavy atom. The third-order valence-electron chi connectivity index (χ3n) is 4.79. The van der Waals surface area contributed by atoms with Gasteiger partial charge in [0.2, 0.25) is 0 Å². The number of hydrogen-bond donors (Lipinski definition) is 2. The van der Waals surface area contributed by atoms with E-state index in [1.165, 1.54) is 0 Å². The molecule has 1 aliphatic carbocycles. The predicted octanol–water partition coefficient (Wildman–Crippen LogP) is 1.77. The van der Waals surface area contributed by atoms with Crippen molar-refractivity contribution in [3.8, 4) is 0 Å². The van der Waals surface area contributed by atoms with Crippen molar-refractivity contribution < 1.29 is 9.47 Å². The van der Waals surface area contributed by atoms with Gasteiger partial charge in [-0.05, 0) is 19.8 Å². The first-order valence-electron chi connectivity index (χ1n) is 7.58. The number of rotatable bonds is 7. The highest BCUT2D eigenvalue weighted by Crippen LogP contribution is 2.53. The lowest BCUT2D eigenvalue weighted by atomic mass is 9.53. The zero-order valence-corrected chi connectivity index (χ0v) is 13.8. The van der Waals surface area contributed by atoms with E-state index in [0.717, 1.165) is 12.8 Å². The molecule has 0 radical (unpaired) electrons. The molecule has 0 aromatic carbocycles. The van der Waals surface area contributed by atoms with Gasteiger partial charge >= 0.3 is 0 Å². The molecule has 0 aliphatic heterocycles. The number of methoxy groups -OCH3 is 2. The monoisotopic (exact) mass is 285 g/mol. The van der Waals surface area contributed by atoms with Crippen molar-refractivity contribution in [2.75, 3.05) is 20.8 Å². The lowest BCUT2D eigenvalue weighted by molar-refractivity contribution is -0.156. The molecule has 1 aliphatic rings. The molecule has 1 rings (SSSR count). The third kappa shape index (κ3) is 3.09. The summed E-state index contributed by atoms with van der Waals surface area (Å²) in [7, 11) is 3.48. The van der Waals surface area contributed by atoms with E-state index in [0.29, 0.717) is 18.5 Å². The minimum Gasteiger partial charge on any atom is -0.383 e. The minimum absolute atomic E-state index is 0.116. The lowest BCUT2D eigenvalue weighted by Gasteiger charge is -2.57. The van der Waals surface area contributed by atoms with E-state index >= 15 is 0 Å². The van der Waals surface area contributed by atoms with Gasteiger partial charge in [-0.25, -0.2) is 4.99 Å². The Balaban J connectivity index is 2.78. The van der Waals surface area contributed by atoms with Gasteiger partial charge in [0.15, 0.2) is 5.96 Å². The summed E-state index contributed by atoms with van der Waals surface area (Å²) in [6.45, 7) is 9.25. The summed E-state index contributed by atoms with van der Waals surface area (Å²) in [6, 6.07) is 0.389. The quantitative estimate of drug-likeness (QED) is 0.552. The van der Waals surface area contributed by atoms with Gasteiger partial charge in [-0.1, -0.05) is 20.8 Å². The van der Waals surface area contributed by atoms with Gasteiger partial charge in [-0.3, -0.25) is 0 Å². The molecule has 4 unspecified atom stereocenters. The Morgan fingerprint density at radius 3 is 2.40 bits per heavy atom. The first-order chi connectivity index (χ1) is 9.46. The molecule has 0 aromatic heterocycles. The number of ether oxygens (including phenoxy) is 2. The fraction of sp³-hybridized carbons (Fsp3) is 0.933. The van der Waals surface area contributed by atoms with Gasteiger partial charge in [0, 0.05) is 31.6 Å². The average Bonchev–Trinajstić information content (AvgIpc) is 2.41. The molecule has 1 fully saturated rings. The summed E-state index contributed by atoms with van der Waals surface area (Å²) < 4.78 is 10.8. The van der Waals surface area contributed by atoms with E-state index in [1.807, 2.05) is 6.92 Å². The standard InChI is InChI=1S/C15H31N3O2/c1-7-15(8-2)12(11(4)13(15)20-6)18-14(16)17-10(3)9-19-5/h10-13H,7-9H2,1-6H3,(H3,16,17,18). The summed E-state index contributed by atoms with van der Waals surface area (Å²) in [4.78, 5) is 4.73. The fourth-order valence-corrected chi connectivity index (χ4v) is 3.76.